The Balaban J connectivity index is 3.36. The predicted octanol–water partition coefficient (Wildman–Crippen LogP) is 1.50. The van der Waals surface area contributed by atoms with Gasteiger partial charge in [0.2, 0.25) is 5.75 Å². The molecular weight excluding hydrogens is 326 g/mol. The molecule has 0 spiro atoms. The van der Waals surface area contributed by atoms with Crippen LogP contribution in [0.25, 0.3) is 0 Å². The fourth-order valence-corrected chi connectivity index (χ4v) is 2.17. The molecule has 0 aliphatic rings. The van der Waals surface area contributed by atoms with Gasteiger partial charge in [0.1, 0.15) is 6.61 Å². The summed E-state index contributed by atoms with van der Waals surface area (Å²) in [5, 5.41) is 0. The Morgan fingerprint density at radius 3 is 1.86 bits per heavy atom. The van der Waals surface area contributed by atoms with Crippen LogP contribution in [0, 0.1) is 6.92 Å². The standard InChI is InChI=1S/C10H14O9P2/c1-3-4-17-10-8(18-20(11,12)13)5-7(2)6-9(10)19-21(14,15)16/h3,5-6H,1,4H2,2H3,(H2,11,12,13)(H2,14,15,16). The van der Waals surface area contributed by atoms with E-state index in [-0.39, 0.29) is 12.4 Å². The number of hydrogen-bond acceptors (Lipinski definition) is 5. The predicted molar refractivity (Wildman–Crippen MR) is 72.2 cm³/mol. The van der Waals surface area contributed by atoms with Crippen molar-refractivity contribution in [3.8, 4) is 17.2 Å². The van der Waals surface area contributed by atoms with Crippen LogP contribution in [0.2, 0.25) is 0 Å². The van der Waals surface area contributed by atoms with E-state index in [1.165, 1.54) is 25.1 Å². The van der Waals surface area contributed by atoms with Gasteiger partial charge in [-0.25, -0.2) is 9.13 Å². The molecular formula is C10H14O9P2. The quantitative estimate of drug-likeness (QED) is 0.429. The van der Waals surface area contributed by atoms with Crippen molar-refractivity contribution in [2.75, 3.05) is 6.61 Å². The van der Waals surface area contributed by atoms with Crippen molar-refractivity contribution < 1.29 is 42.5 Å². The molecule has 0 bridgehead atoms. The number of phosphoric acid groups is 2. The van der Waals surface area contributed by atoms with Crippen LogP contribution in [0.4, 0.5) is 0 Å². The van der Waals surface area contributed by atoms with Gasteiger partial charge in [0, 0.05) is 0 Å². The highest BCUT2D eigenvalue weighted by atomic mass is 31.2. The maximum Gasteiger partial charge on any atom is 0.524 e. The van der Waals surface area contributed by atoms with E-state index in [1.54, 1.807) is 0 Å². The van der Waals surface area contributed by atoms with Gasteiger partial charge >= 0.3 is 15.6 Å². The molecule has 1 aromatic carbocycles. The fraction of sp³-hybridized carbons (Fsp3) is 0.200. The smallest absolute Gasteiger partial charge is 0.482 e. The first kappa shape index (κ1) is 17.7. The first-order chi connectivity index (χ1) is 9.52. The molecule has 0 saturated carbocycles. The molecule has 0 fully saturated rings. The zero-order valence-corrected chi connectivity index (χ0v) is 12.7. The second kappa shape index (κ2) is 6.62. The molecule has 0 aliphatic carbocycles. The molecule has 0 aliphatic heterocycles. The van der Waals surface area contributed by atoms with Crippen LogP contribution in [0.15, 0.2) is 24.8 Å². The lowest BCUT2D eigenvalue weighted by molar-refractivity contribution is 0.261. The zero-order chi connectivity index (χ0) is 16.3. The molecule has 21 heavy (non-hydrogen) atoms. The van der Waals surface area contributed by atoms with Crippen molar-refractivity contribution in [3.63, 3.8) is 0 Å². The van der Waals surface area contributed by atoms with E-state index >= 15 is 0 Å². The Kier molecular flexibility index (Phi) is 5.58. The largest absolute Gasteiger partial charge is 0.524 e. The van der Waals surface area contributed by atoms with Crippen LogP contribution in [0.1, 0.15) is 5.56 Å². The van der Waals surface area contributed by atoms with E-state index in [9.17, 15) is 9.13 Å². The summed E-state index contributed by atoms with van der Waals surface area (Å²) < 4.78 is 35.9. The highest BCUT2D eigenvalue weighted by Gasteiger charge is 2.26. The van der Waals surface area contributed by atoms with E-state index < -0.39 is 27.1 Å². The van der Waals surface area contributed by atoms with Crippen molar-refractivity contribution in [3.05, 3.63) is 30.4 Å². The Hall–Kier alpha value is -1.34. The summed E-state index contributed by atoms with van der Waals surface area (Å²) in [5.41, 5.74) is 0.382. The lowest BCUT2D eigenvalue weighted by atomic mass is 10.2. The minimum absolute atomic E-state index is 0.0991. The van der Waals surface area contributed by atoms with Crippen molar-refractivity contribution in [2.45, 2.75) is 6.92 Å². The molecule has 11 heteroatoms. The van der Waals surface area contributed by atoms with Crippen molar-refractivity contribution in [2.24, 2.45) is 0 Å². The third kappa shape index (κ3) is 6.31. The van der Waals surface area contributed by atoms with Crippen LogP contribution in [0.5, 0.6) is 17.2 Å². The summed E-state index contributed by atoms with van der Waals surface area (Å²) in [4.78, 5) is 35.4. The summed E-state index contributed by atoms with van der Waals surface area (Å²) >= 11 is 0. The minimum Gasteiger partial charge on any atom is -0.482 e. The third-order valence-corrected chi connectivity index (χ3v) is 2.81. The number of benzene rings is 1. The average molecular weight is 340 g/mol. The maximum atomic E-state index is 10.9. The normalized spacial score (nSPS) is 11.9. The second-order valence-corrected chi connectivity index (χ2v) is 6.18. The van der Waals surface area contributed by atoms with E-state index in [0.29, 0.717) is 5.56 Å². The van der Waals surface area contributed by atoms with Gasteiger partial charge in [-0.2, -0.15) is 0 Å². The molecule has 1 rings (SSSR count). The average Bonchev–Trinajstić information content (AvgIpc) is 2.23. The molecule has 0 atom stereocenters. The molecule has 4 N–H and O–H groups in total. The summed E-state index contributed by atoms with van der Waals surface area (Å²) in [7, 11) is -9.79. The van der Waals surface area contributed by atoms with Gasteiger partial charge in [0.25, 0.3) is 0 Å². The van der Waals surface area contributed by atoms with Gasteiger partial charge in [0.05, 0.1) is 0 Å². The van der Waals surface area contributed by atoms with Crippen LogP contribution in [-0.2, 0) is 9.13 Å². The molecule has 0 radical (unpaired) electrons. The molecule has 9 nitrogen and oxygen atoms in total. The molecule has 0 aromatic heterocycles. The Labute approximate surface area is 120 Å². The molecule has 118 valence electrons. The number of phosphoric ester groups is 2. The minimum atomic E-state index is -4.89. The van der Waals surface area contributed by atoms with E-state index in [2.05, 4.69) is 15.6 Å². The maximum absolute atomic E-state index is 10.9. The third-order valence-electron chi connectivity index (χ3n) is 1.95. The monoisotopic (exact) mass is 340 g/mol. The Bertz CT molecular complexity index is 570. The topological polar surface area (TPSA) is 143 Å². The zero-order valence-electron chi connectivity index (χ0n) is 10.9. The molecule has 0 amide bonds. The molecule has 0 unspecified atom stereocenters. The van der Waals surface area contributed by atoms with Gasteiger partial charge in [-0.15, -0.1) is 0 Å². The number of rotatable bonds is 7. The van der Waals surface area contributed by atoms with Crippen molar-refractivity contribution in [1.29, 1.82) is 0 Å². The molecule has 0 heterocycles. The van der Waals surface area contributed by atoms with Gasteiger partial charge < -0.3 is 13.8 Å². The summed E-state index contributed by atoms with van der Waals surface area (Å²) in [6, 6.07) is 2.45. The van der Waals surface area contributed by atoms with E-state index in [4.69, 9.17) is 24.3 Å². The van der Waals surface area contributed by atoms with Gasteiger partial charge in [0.15, 0.2) is 11.5 Å². The van der Waals surface area contributed by atoms with Crippen LogP contribution in [-0.4, -0.2) is 26.2 Å². The van der Waals surface area contributed by atoms with Crippen LogP contribution in [0.3, 0.4) is 0 Å². The van der Waals surface area contributed by atoms with Crippen LogP contribution < -0.4 is 13.8 Å². The lowest BCUT2D eigenvalue weighted by Crippen LogP contribution is -2.02. The van der Waals surface area contributed by atoms with E-state index in [1.807, 2.05) is 0 Å². The number of hydrogen-bond donors (Lipinski definition) is 4. The first-order valence-electron chi connectivity index (χ1n) is 5.40. The summed E-state index contributed by atoms with van der Waals surface area (Å²) in [6.07, 6.45) is 1.32. The highest BCUT2D eigenvalue weighted by molar-refractivity contribution is 7.47. The number of aryl methyl sites for hydroxylation is 1. The highest BCUT2D eigenvalue weighted by Crippen LogP contribution is 2.50. The first-order valence-corrected chi connectivity index (χ1v) is 8.46. The van der Waals surface area contributed by atoms with Gasteiger partial charge in [-0.3, -0.25) is 19.6 Å². The van der Waals surface area contributed by atoms with Crippen LogP contribution >= 0.6 is 15.6 Å². The van der Waals surface area contributed by atoms with Gasteiger partial charge in [-0.1, -0.05) is 12.7 Å². The van der Waals surface area contributed by atoms with Gasteiger partial charge in [-0.05, 0) is 24.6 Å². The van der Waals surface area contributed by atoms with Crippen molar-refractivity contribution >= 4 is 15.6 Å². The summed E-state index contributed by atoms with van der Waals surface area (Å²) in [5.74, 6) is -1.17. The Morgan fingerprint density at radius 2 is 1.52 bits per heavy atom. The SMILES string of the molecule is C=CCOc1c(OP(=O)(O)O)cc(C)cc1OP(=O)(O)O. The number of ether oxygens (including phenoxy) is 1. The Morgan fingerprint density at radius 1 is 1.10 bits per heavy atom. The molecule has 0 saturated heterocycles. The second-order valence-electron chi connectivity index (χ2n) is 3.85. The molecule has 1 aromatic rings. The van der Waals surface area contributed by atoms with E-state index in [0.717, 1.165) is 0 Å². The lowest BCUT2D eigenvalue weighted by Gasteiger charge is -2.17. The fourth-order valence-electron chi connectivity index (χ4n) is 1.38. The summed E-state index contributed by atoms with van der Waals surface area (Å²) in [6.45, 7) is 4.80. The van der Waals surface area contributed by atoms with Crippen molar-refractivity contribution in [1.82, 2.24) is 0 Å².